The Morgan fingerprint density at radius 1 is 1.38 bits per heavy atom. The van der Waals surface area contributed by atoms with Crippen molar-refractivity contribution in [2.75, 3.05) is 18.5 Å². The lowest BCUT2D eigenvalue weighted by atomic mass is 10.0. The summed E-state index contributed by atoms with van der Waals surface area (Å²) in [6, 6.07) is 0.175. The van der Waals surface area contributed by atoms with Crippen LogP contribution in [0.25, 0.3) is 11.2 Å². The number of fused-ring (bicyclic) bond motifs is 1. The summed E-state index contributed by atoms with van der Waals surface area (Å²) in [5.41, 5.74) is -0.0641. The Morgan fingerprint density at radius 3 is 2.81 bits per heavy atom. The van der Waals surface area contributed by atoms with E-state index in [1.54, 1.807) is 7.05 Å². The molecule has 1 saturated heterocycles. The molecule has 1 aliphatic heterocycles. The van der Waals surface area contributed by atoms with Gasteiger partial charge in [0, 0.05) is 32.7 Å². The van der Waals surface area contributed by atoms with E-state index in [9.17, 15) is 9.59 Å². The molecule has 2 aromatic rings. The minimum Gasteiger partial charge on any atom is -0.381 e. The molecule has 3 rings (SSSR count). The third kappa shape index (κ3) is 2.25. The highest BCUT2D eigenvalue weighted by Crippen LogP contribution is 2.19. The average Bonchev–Trinajstić information content (AvgIpc) is 3.12. The van der Waals surface area contributed by atoms with Crippen molar-refractivity contribution in [3.63, 3.8) is 0 Å². The maximum atomic E-state index is 12.1. The molecule has 0 amide bonds. The van der Waals surface area contributed by atoms with Gasteiger partial charge in [-0.2, -0.15) is 4.98 Å². The quantitative estimate of drug-likeness (QED) is 0.817. The van der Waals surface area contributed by atoms with Gasteiger partial charge in [-0.05, 0) is 13.3 Å². The molecule has 2 N–H and O–H groups in total. The predicted molar refractivity (Wildman–Crippen MR) is 78.6 cm³/mol. The molecule has 2 atom stereocenters. The standard InChI is InChI=1S/C13H19N5O3/c1-7(8-4-5-21-6-8)14-12-15-9-10(16-12)17(2)13(20)18(3)11(9)19/h7-8H,4-6H2,1-3H3,(H2,14,15,16). The summed E-state index contributed by atoms with van der Waals surface area (Å²) in [7, 11) is 3.06. The van der Waals surface area contributed by atoms with E-state index in [4.69, 9.17) is 4.74 Å². The first kappa shape index (κ1) is 13.9. The number of nitrogens with one attached hydrogen (secondary N) is 2. The number of imidazole rings is 1. The molecule has 0 radical (unpaired) electrons. The second-order valence-corrected chi connectivity index (χ2v) is 5.55. The lowest BCUT2D eigenvalue weighted by Crippen LogP contribution is -2.36. The fourth-order valence-corrected chi connectivity index (χ4v) is 2.67. The van der Waals surface area contributed by atoms with Gasteiger partial charge < -0.3 is 15.0 Å². The lowest BCUT2D eigenvalue weighted by molar-refractivity contribution is 0.183. The fourth-order valence-electron chi connectivity index (χ4n) is 2.67. The molecule has 0 aliphatic carbocycles. The Labute approximate surface area is 120 Å². The van der Waals surface area contributed by atoms with E-state index in [1.807, 2.05) is 0 Å². The van der Waals surface area contributed by atoms with Gasteiger partial charge in [0.05, 0.1) is 6.61 Å². The summed E-state index contributed by atoms with van der Waals surface area (Å²) in [5.74, 6) is 0.924. The van der Waals surface area contributed by atoms with Crippen molar-refractivity contribution in [2.24, 2.45) is 20.0 Å². The number of anilines is 1. The van der Waals surface area contributed by atoms with E-state index in [2.05, 4.69) is 22.2 Å². The monoisotopic (exact) mass is 293 g/mol. The van der Waals surface area contributed by atoms with Crippen LogP contribution in [0.1, 0.15) is 13.3 Å². The molecule has 0 aromatic carbocycles. The van der Waals surface area contributed by atoms with Crippen molar-refractivity contribution in [1.29, 1.82) is 0 Å². The Morgan fingerprint density at radius 2 is 2.14 bits per heavy atom. The van der Waals surface area contributed by atoms with Crippen molar-refractivity contribution >= 4 is 17.1 Å². The SMILES string of the molecule is CC(Nc1nc2c([nH]1)c(=O)n(C)c(=O)n2C)C1CCOC1. The predicted octanol–water partition coefficient (Wildman–Crippen LogP) is -0.203. The van der Waals surface area contributed by atoms with Crippen LogP contribution in [-0.2, 0) is 18.8 Å². The van der Waals surface area contributed by atoms with Crippen molar-refractivity contribution < 1.29 is 4.74 Å². The van der Waals surface area contributed by atoms with Crippen molar-refractivity contribution in [1.82, 2.24) is 19.1 Å². The van der Waals surface area contributed by atoms with E-state index in [0.717, 1.165) is 24.2 Å². The Hall–Kier alpha value is -2.09. The number of rotatable bonds is 3. The summed E-state index contributed by atoms with van der Waals surface area (Å²) in [5, 5.41) is 3.26. The topological polar surface area (TPSA) is 93.9 Å². The minimum absolute atomic E-state index is 0.175. The number of hydrogen-bond donors (Lipinski definition) is 2. The van der Waals surface area contributed by atoms with Crippen LogP contribution in [-0.4, -0.2) is 38.4 Å². The molecule has 2 unspecified atom stereocenters. The Balaban J connectivity index is 1.98. The van der Waals surface area contributed by atoms with Crippen LogP contribution >= 0.6 is 0 Å². The molecular weight excluding hydrogens is 274 g/mol. The third-order valence-electron chi connectivity index (χ3n) is 4.13. The largest absolute Gasteiger partial charge is 0.381 e. The molecule has 1 fully saturated rings. The summed E-state index contributed by atoms with van der Waals surface area (Å²) >= 11 is 0. The molecule has 1 aliphatic rings. The van der Waals surface area contributed by atoms with Crippen LogP contribution in [0.15, 0.2) is 9.59 Å². The van der Waals surface area contributed by atoms with Crippen LogP contribution in [0.5, 0.6) is 0 Å². The Kier molecular flexibility index (Phi) is 3.32. The highest BCUT2D eigenvalue weighted by molar-refractivity contribution is 5.72. The van der Waals surface area contributed by atoms with Gasteiger partial charge in [0.2, 0.25) is 5.95 Å². The lowest BCUT2D eigenvalue weighted by Gasteiger charge is -2.18. The van der Waals surface area contributed by atoms with Gasteiger partial charge in [-0.15, -0.1) is 0 Å². The molecule has 8 heteroatoms. The fraction of sp³-hybridized carbons (Fsp3) is 0.615. The van der Waals surface area contributed by atoms with Gasteiger partial charge in [-0.25, -0.2) is 4.79 Å². The minimum atomic E-state index is -0.386. The van der Waals surface area contributed by atoms with Gasteiger partial charge in [0.15, 0.2) is 11.2 Å². The number of aryl methyl sites for hydroxylation is 1. The summed E-state index contributed by atoms with van der Waals surface area (Å²) < 4.78 is 7.81. The van der Waals surface area contributed by atoms with Gasteiger partial charge in [0.25, 0.3) is 5.56 Å². The molecule has 114 valence electrons. The number of H-pyrrole nitrogens is 1. The summed E-state index contributed by atoms with van der Waals surface area (Å²) in [6.45, 7) is 3.57. The zero-order valence-corrected chi connectivity index (χ0v) is 12.3. The van der Waals surface area contributed by atoms with Crippen LogP contribution < -0.4 is 16.6 Å². The zero-order valence-electron chi connectivity index (χ0n) is 12.3. The van der Waals surface area contributed by atoms with E-state index < -0.39 is 0 Å². The molecule has 2 aromatic heterocycles. The highest BCUT2D eigenvalue weighted by atomic mass is 16.5. The second kappa shape index (κ2) is 5.03. The van der Waals surface area contributed by atoms with E-state index in [0.29, 0.717) is 23.0 Å². The molecular formula is C13H19N5O3. The summed E-state index contributed by atoms with van der Waals surface area (Å²) in [6.07, 6.45) is 1.01. The van der Waals surface area contributed by atoms with E-state index >= 15 is 0 Å². The normalized spacial score (nSPS) is 20.0. The van der Waals surface area contributed by atoms with Crippen molar-refractivity contribution in [3.05, 3.63) is 20.8 Å². The van der Waals surface area contributed by atoms with Crippen LogP contribution in [0.4, 0.5) is 5.95 Å². The Bertz CT molecular complexity index is 781. The molecule has 21 heavy (non-hydrogen) atoms. The number of ether oxygens (including phenoxy) is 1. The second-order valence-electron chi connectivity index (χ2n) is 5.55. The molecule has 0 saturated carbocycles. The van der Waals surface area contributed by atoms with E-state index in [-0.39, 0.29) is 17.3 Å². The average molecular weight is 293 g/mol. The van der Waals surface area contributed by atoms with Gasteiger partial charge >= 0.3 is 5.69 Å². The smallest absolute Gasteiger partial charge is 0.332 e. The van der Waals surface area contributed by atoms with Crippen molar-refractivity contribution in [2.45, 2.75) is 19.4 Å². The van der Waals surface area contributed by atoms with Gasteiger partial charge in [0.1, 0.15) is 0 Å². The number of nitrogens with zero attached hydrogens (tertiary/aromatic N) is 3. The van der Waals surface area contributed by atoms with Crippen molar-refractivity contribution in [3.8, 4) is 0 Å². The number of aromatic amines is 1. The number of aromatic nitrogens is 4. The van der Waals surface area contributed by atoms with Gasteiger partial charge in [-0.1, -0.05) is 0 Å². The first-order chi connectivity index (χ1) is 9.99. The van der Waals surface area contributed by atoms with Crippen LogP contribution in [0, 0.1) is 5.92 Å². The molecule has 0 spiro atoms. The first-order valence-corrected chi connectivity index (χ1v) is 6.99. The maximum absolute atomic E-state index is 12.1. The summed E-state index contributed by atoms with van der Waals surface area (Å²) in [4.78, 5) is 31.3. The maximum Gasteiger partial charge on any atom is 0.332 e. The van der Waals surface area contributed by atoms with Crippen LogP contribution in [0.3, 0.4) is 0 Å². The zero-order chi connectivity index (χ0) is 15.1. The van der Waals surface area contributed by atoms with Crippen LogP contribution in [0.2, 0.25) is 0 Å². The van der Waals surface area contributed by atoms with E-state index in [1.165, 1.54) is 11.6 Å². The molecule has 8 nitrogen and oxygen atoms in total. The van der Waals surface area contributed by atoms with Gasteiger partial charge in [-0.3, -0.25) is 13.9 Å². The number of hydrogen-bond acceptors (Lipinski definition) is 5. The first-order valence-electron chi connectivity index (χ1n) is 6.99. The molecule has 0 bridgehead atoms. The third-order valence-corrected chi connectivity index (χ3v) is 4.13. The highest BCUT2D eigenvalue weighted by Gasteiger charge is 2.23. The molecule has 3 heterocycles.